The van der Waals surface area contributed by atoms with Crippen LogP contribution in [0.1, 0.15) is 37.7 Å². The summed E-state index contributed by atoms with van der Waals surface area (Å²) < 4.78 is 0. The minimum Gasteiger partial charge on any atom is -0.481 e. The normalized spacial score (nSPS) is 16.8. The molecule has 0 heterocycles. The zero-order chi connectivity index (χ0) is 13.9. The molecule has 1 aromatic carbocycles. The number of halogens is 1. The topological polar surface area (TPSA) is 73.1 Å². The third kappa shape index (κ3) is 3.18. The molecule has 1 aromatic rings. The van der Waals surface area contributed by atoms with Crippen LogP contribution in [-0.4, -0.2) is 16.6 Å². The fraction of sp³-hybridized carbons (Fsp3) is 0.429. The van der Waals surface area contributed by atoms with E-state index >= 15 is 0 Å². The Labute approximate surface area is 117 Å². The number of carboxylic acids is 1. The first-order chi connectivity index (χ1) is 9.04. The highest BCUT2D eigenvalue weighted by Crippen LogP contribution is 2.37. The van der Waals surface area contributed by atoms with Crippen molar-refractivity contribution in [2.75, 3.05) is 5.32 Å². The van der Waals surface area contributed by atoms with Crippen molar-refractivity contribution in [1.29, 1.82) is 5.26 Å². The summed E-state index contributed by atoms with van der Waals surface area (Å²) in [5, 5.41) is 22.0. The molecule has 0 radical (unpaired) electrons. The second-order valence-electron chi connectivity index (χ2n) is 4.98. The smallest absolute Gasteiger partial charge is 0.305 e. The summed E-state index contributed by atoms with van der Waals surface area (Å²) in [5.41, 5.74) is 0.671. The van der Waals surface area contributed by atoms with Crippen molar-refractivity contribution in [2.24, 2.45) is 0 Å². The van der Waals surface area contributed by atoms with Gasteiger partial charge in [0.1, 0.15) is 6.07 Å². The van der Waals surface area contributed by atoms with Crippen LogP contribution < -0.4 is 5.32 Å². The minimum atomic E-state index is -0.818. The molecule has 0 atom stereocenters. The first kappa shape index (κ1) is 13.7. The van der Waals surface area contributed by atoms with Crippen molar-refractivity contribution in [2.45, 2.75) is 37.6 Å². The third-order valence-electron chi connectivity index (χ3n) is 3.55. The van der Waals surface area contributed by atoms with Crippen molar-refractivity contribution >= 4 is 23.3 Å². The van der Waals surface area contributed by atoms with Crippen LogP contribution in [0.15, 0.2) is 18.2 Å². The van der Waals surface area contributed by atoms with Gasteiger partial charge in [0.05, 0.1) is 17.7 Å². The number of benzene rings is 1. The Balaban J connectivity index is 2.27. The quantitative estimate of drug-likeness (QED) is 0.885. The predicted molar refractivity (Wildman–Crippen MR) is 73.2 cm³/mol. The van der Waals surface area contributed by atoms with Crippen LogP contribution in [0, 0.1) is 11.3 Å². The molecule has 2 rings (SSSR count). The Morgan fingerprint density at radius 1 is 1.47 bits per heavy atom. The SMILES string of the molecule is N#Cc1cc(Cl)ccc1NC1(CC(=O)O)CCCC1. The maximum Gasteiger partial charge on any atom is 0.305 e. The summed E-state index contributed by atoms with van der Waals surface area (Å²) in [4.78, 5) is 11.0. The molecule has 0 bridgehead atoms. The number of aliphatic carboxylic acids is 1. The second-order valence-corrected chi connectivity index (χ2v) is 5.42. The molecule has 0 unspecified atom stereocenters. The first-order valence-corrected chi connectivity index (χ1v) is 6.62. The zero-order valence-corrected chi connectivity index (χ0v) is 11.2. The number of hydrogen-bond acceptors (Lipinski definition) is 3. The van der Waals surface area contributed by atoms with E-state index in [1.165, 1.54) is 0 Å². The molecule has 0 spiro atoms. The van der Waals surface area contributed by atoms with Gasteiger partial charge in [-0.15, -0.1) is 0 Å². The number of anilines is 1. The summed E-state index contributed by atoms with van der Waals surface area (Å²) in [7, 11) is 0. The van der Waals surface area contributed by atoms with Gasteiger partial charge in [-0.25, -0.2) is 0 Å². The van der Waals surface area contributed by atoms with Crippen LogP contribution in [0.5, 0.6) is 0 Å². The monoisotopic (exact) mass is 278 g/mol. The number of nitrogens with zero attached hydrogens (tertiary/aromatic N) is 1. The van der Waals surface area contributed by atoms with E-state index in [0.717, 1.165) is 25.7 Å². The standard InChI is InChI=1S/C14H15ClN2O2/c15-11-3-4-12(10(7-11)9-16)17-14(8-13(18)19)5-1-2-6-14/h3-4,7,17H,1-2,5-6,8H2,(H,18,19). The Hall–Kier alpha value is -1.73. The van der Waals surface area contributed by atoms with Crippen LogP contribution >= 0.6 is 11.6 Å². The average molecular weight is 279 g/mol. The molecule has 0 aliphatic heterocycles. The highest BCUT2D eigenvalue weighted by Gasteiger charge is 2.36. The molecule has 5 heteroatoms. The largest absolute Gasteiger partial charge is 0.481 e. The Morgan fingerprint density at radius 3 is 2.74 bits per heavy atom. The molecule has 1 saturated carbocycles. The maximum atomic E-state index is 11.0. The van der Waals surface area contributed by atoms with Gasteiger partial charge in [-0.3, -0.25) is 4.79 Å². The molecule has 0 aromatic heterocycles. The van der Waals surface area contributed by atoms with E-state index in [4.69, 9.17) is 22.0 Å². The Morgan fingerprint density at radius 2 is 2.16 bits per heavy atom. The highest BCUT2D eigenvalue weighted by molar-refractivity contribution is 6.30. The van der Waals surface area contributed by atoms with Crippen molar-refractivity contribution < 1.29 is 9.90 Å². The number of nitriles is 1. The number of carbonyl (C=O) groups is 1. The third-order valence-corrected chi connectivity index (χ3v) is 3.79. The average Bonchev–Trinajstić information content (AvgIpc) is 2.79. The summed E-state index contributed by atoms with van der Waals surface area (Å²) in [6.45, 7) is 0. The van der Waals surface area contributed by atoms with Crippen molar-refractivity contribution in [3.05, 3.63) is 28.8 Å². The molecule has 100 valence electrons. The van der Waals surface area contributed by atoms with Gasteiger partial charge >= 0.3 is 5.97 Å². The predicted octanol–water partition coefficient (Wildman–Crippen LogP) is 3.41. The molecule has 2 N–H and O–H groups in total. The van der Waals surface area contributed by atoms with Crippen LogP contribution in [0.3, 0.4) is 0 Å². The first-order valence-electron chi connectivity index (χ1n) is 6.24. The minimum absolute atomic E-state index is 0.0699. The molecular weight excluding hydrogens is 264 g/mol. The van der Waals surface area contributed by atoms with Gasteiger partial charge in [-0.1, -0.05) is 24.4 Å². The molecule has 19 heavy (non-hydrogen) atoms. The summed E-state index contributed by atoms with van der Waals surface area (Å²) in [6, 6.07) is 7.12. The maximum absolute atomic E-state index is 11.0. The number of hydrogen-bond donors (Lipinski definition) is 2. The van der Waals surface area contributed by atoms with Gasteiger partial charge in [-0.05, 0) is 31.0 Å². The van der Waals surface area contributed by atoms with Crippen LogP contribution in [-0.2, 0) is 4.79 Å². The van der Waals surface area contributed by atoms with Crippen LogP contribution in [0.4, 0.5) is 5.69 Å². The fourth-order valence-corrected chi connectivity index (χ4v) is 2.86. The van der Waals surface area contributed by atoms with Gasteiger partial charge in [0.15, 0.2) is 0 Å². The molecule has 4 nitrogen and oxygen atoms in total. The zero-order valence-electron chi connectivity index (χ0n) is 10.4. The van der Waals surface area contributed by atoms with Crippen LogP contribution in [0.2, 0.25) is 5.02 Å². The Bertz CT molecular complexity index is 531. The van der Waals surface area contributed by atoms with Crippen LogP contribution in [0.25, 0.3) is 0 Å². The molecular formula is C14H15ClN2O2. The van der Waals surface area contributed by atoms with E-state index in [0.29, 0.717) is 16.3 Å². The summed E-state index contributed by atoms with van der Waals surface area (Å²) in [5.74, 6) is -0.818. The highest BCUT2D eigenvalue weighted by atomic mass is 35.5. The lowest BCUT2D eigenvalue weighted by molar-refractivity contribution is -0.138. The van der Waals surface area contributed by atoms with E-state index in [1.54, 1.807) is 18.2 Å². The molecule has 1 aliphatic rings. The van der Waals surface area contributed by atoms with E-state index in [1.807, 2.05) is 0 Å². The number of carboxylic acid groups (broad SMARTS) is 1. The van der Waals surface area contributed by atoms with Crippen molar-refractivity contribution in [1.82, 2.24) is 0 Å². The molecule has 1 fully saturated rings. The van der Waals surface area contributed by atoms with Crippen molar-refractivity contribution in [3.8, 4) is 6.07 Å². The van der Waals surface area contributed by atoms with Gasteiger partial charge in [0, 0.05) is 10.6 Å². The van der Waals surface area contributed by atoms with E-state index in [2.05, 4.69) is 11.4 Å². The molecule has 0 saturated heterocycles. The lowest BCUT2D eigenvalue weighted by Gasteiger charge is -2.30. The molecule has 1 aliphatic carbocycles. The number of rotatable bonds is 4. The van der Waals surface area contributed by atoms with Crippen molar-refractivity contribution in [3.63, 3.8) is 0 Å². The lowest BCUT2D eigenvalue weighted by Crippen LogP contribution is -2.37. The van der Waals surface area contributed by atoms with Gasteiger partial charge in [-0.2, -0.15) is 5.26 Å². The van der Waals surface area contributed by atoms with Gasteiger partial charge in [0.25, 0.3) is 0 Å². The van der Waals surface area contributed by atoms with E-state index in [-0.39, 0.29) is 6.42 Å². The molecule has 0 amide bonds. The summed E-state index contributed by atoms with van der Waals surface area (Å²) in [6.07, 6.45) is 3.71. The second kappa shape index (κ2) is 5.50. The van der Waals surface area contributed by atoms with Gasteiger partial charge in [0.2, 0.25) is 0 Å². The summed E-state index contributed by atoms with van der Waals surface area (Å²) >= 11 is 5.86. The van der Waals surface area contributed by atoms with E-state index < -0.39 is 11.5 Å². The van der Waals surface area contributed by atoms with Gasteiger partial charge < -0.3 is 10.4 Å². The Kier molecular flexibility index (Phi) is 3.96. The fourth-order valence-electron chi connectivity index (χ4n) is 2.69. The number of nitrogens with one attached hydrogen (secondary N) is 1. The lowest BCUT2D eigenvalue weighted by atomic mass is 9.92. The van der Waals surface area contributed by atoms with E-state index in [9.17, 15) is 4.79 Å².